The zero-order valence-corrected chi connectivity index (χ0v) is 11.5. The fourth-order valence-electron chi connectivity index (χ4n) is 3.17. The maximum Gasteiger partial charge on any atom is 0.0479 e. The number of nitrogens with one attached hydrogen (secondary N) is 1. The minimum Gasteiger partial charge on any atom is -0.354 e. The normalized spacial score (nSPS) is 12.0. The average molecular weight is 273 g/mol. The maximum atomic E-state index is 3.54. The van der Waals surface area contributed by atoms with Crippen LogP contribution in [0.1, 0.15) is 0 Å². The molecule has 0 bridgehead atoms. The molecule has 0 amide bonds. The summed E-state index contributed by atoms with van der Waals surface area (Å²) in [7, 11) is 0. The minimum absolute atomic E-state index is 1.22. The van der Waals surface area contributed by atoms with Crippen molar-refractivity contribution in [1.29, 1.82) is 0 Å². The zero-order valence-electron chi connectivity index (χ0n) is 10.7. The van der Waals surface area contributed by atoms with Crippen molar-refractivity contribution in [3.05, 3.63) is 60.7 Å². The van der Waals surface area contributed by atoms with Gasteiger partial charge in [-0.1, -0.05) is 36.4 Å². The largest absolute Gasteiger partial charge is 0.354 e. The molecule has 0 spiro atoms. The summed E-state index contributed by atoms with van der Waals surface area (Å²) in [5, 5.41) is 5.39. The lowest BCUT2D eigenvalue weighted by atomic mass is 10.1. The van der Waals surface area contributed by atoms with E-state index in [1.807, 2.05) is 11.3 Å². The van der Waals surface area contributed by atoms with E-state index in [1.165, 1.54) is 42.0 Å². The molecule has 0 atom stereocenters. The first-order valence-electron chi connectivity index (χ1n) is 6.72. The van der Waals surface area contributed by atoms with Crippen molar-refractivity contribution < 1.29 is 0 Å². The van der Waals surface area contributed by atoms with Gasteiger partial charge in [0.2, 0.25) is 0 Å². The van der Waals surface area contributed by atoms with Crippen molar-refractivity contribution in [2.75, 3.05) is 0 Å². The first-order chi connectivity index (χ1) is 9.92. The quantitative estimate of drug-likeness (QED) is 0.373. The van der Waals surface area contributed by atoms with E-state index >= 15 is 0 Å². The molecule has 0 aliphatic carbocycles. The van der Waals surface area contributed by atoms with Gasteiger partial charge in [0, 0.05) is 31.2 Å². The number of aromatic amines is 1. The van der Waals surface area contributed by atoms with Crippen molar-refractivity contribution >= 4 is 53.3 Å². The molecule has 20 heavy (non-hydrogen) atoms. The summed E-state index contributed by atoms with van der Waals surface area (Å²) in [5.41, 5.74) is 2.45. The van der Waals surface area contributed by atoms with Crippen molar-refractivity contribution in [3.8, 4) is 0 Å². The van der Waals surface area contributed by atoms with Gasteiger partial charge < -0.3 is 4.98 Å². The van der Waals surface area contributed by atoms with Crippen LogP contribution in [-0.2, 0) is 0 Å². The molecule has 0 saturated carbocycles. The summed E-state index contributed by atoms with van der Waals surface area (Å²) in [4.78, 5) is 3.54. The Bertz CT molecular complexity index is 1100. The molecule has 5 aromatic rings. The highest BCUT2D eigenvalue weighted by atomic mass is 32.1. The van der Waals surface area contributed by atoms with E-state index < -0.39 is 0 Å². The van der Waals surface area contributed by atoms with Crippen LogP contribution >= 0.6 is 11.3 Å². The summed E-state index contributed by atoms with van der Waals surface area (Å²) in [6.45, 7) is 0. The molecule has 0 radical (unpaired) electrons. The number of rotatable bonds is 0. The Labute approximate surface area is 119 Å². The molecule has 0 saturated heterocycles. The molecule has 2 heteroatoms. The summed E-state index contributed by atoms with van der Waals surface area (Å²) >= 11 is 1.87. The SMILES string of the molecule is c1ccc2c(c1)sc1cccc3[nH]c4cccc2c4c31. The van der Waals surface area contributed by atoms with E-state index in [0.717, 1.165) is 0 Å². The summed E-state index contributed by atoms with van der Waals surface area (Å²) in [6, 6.07) is 21.7. The van der Waals surface area contributed by atoms with Crippen LogP contribution in [0, 0.1) is 0 Å². The lowest BCUT2D eigenvalue weighted by Crippen LogP contribution is -1.71. The van der Waals surface area contributed by atoms with Gasteiger partial charge >= 0.3 is 0 Å². The first-order valence-corrected chi connectivity index (χ1v) is 7.54. The molecular formula is C18H11NS. The van der Waals surface area contributed by atoms with Gasteiger partial charge in [-0.15, -0.1) is 11.3 Å². The van der Waals surface area contributed by atoms with Crippen LogP contribution in [0.3, 0.4) is 0 Å². The van der Waals surface area contributed by atoms with Gasteiger partial charge in [-0.3, -0.25) is 0 Å². The van der Waals surface area contributed by atoms with E-state index in [9.17, 15) is 0 Å². The second-order valence-corrected chi connectivity index (χ2v) is 6.21. The Morgan fingerprint density at radius 2 is 1.30 bits per heavy atom. The molecule has 0 aliphatic heterocycles. The second-order valence-electron chi connectivity index (χ2n) is 5.13. The topological polar surface area (TPSA) is 15.8 Å². The average Bonchev–Trinajstić information content (AvgIpc) is 2.79. The smallest absolute Gasteiger partial charge is 0.0479 e. The highest BCUT2D eigenvalue weighted by Crippen LogP contribution is 2.39. The lowest BCUT2D eigenvalue weighted by molar-refractivity contribution is 1.55. The first kappa shape index (κ1) is 10.5. The van der Waals surface area contributed by atoms with Crippen molar-refractivity contribution in [1.82, 2.24) is 4.98 Å². The molecule has 0 unspecified atom stereocenters. The van der Waals surface area contributed by atoms with Crippen LogP contribution in [0.5, 0.6) is 0 Å². The predicted octanol–water partition coefficient (Wildman–Crippen LogP) is 5.69. The van der Waals surface area contributed by atoms with E-state index in [1.54, 1.807) is 0 Å². The van der Waals surface area contributed by atoms with Crippen molar-refractivity contribution in [2.45, 2.75) is 0 Å². The van der Waals surface area contributed by atoms with E-state index in [-0.39, 0.29) is 0 Å². The molecule has 3 aromatic carbocycles. The molecule has 94 valence electrons. The van der Waals surface area contributed by atoms with E-state index in [0.29, 0.717) is 0 Å². The van der Waals surface area contributed by atoms with Gasteiger partial charge in [-0.25, -0.2) is 0 Å². The van der Waals surface area contributed by atoms with Crippen molar-refractivity contribution in [3.63, 3.8) is 0 Å². The van der Waals surface area contributed by atoms with Gasteiger partial charge in [0.15, 0.2) is 0 Å². The van der Waals surface area contributed by atoms with Gasteiger partial charge in [0.05, 0.1) is 0 Å². The third-order valence-electron chi connectivity index (χ3n) is 4.01. The molecule has 2 heterocycles. The van der Waals surface area contributed by atoms with Crippen LogP contribution in [0.15, 0.2) is 60.7 Å². The van der Waals surface area contributed by atoms with Gasteiger partial charge in [0.25, 0.3) is 0 Å². The Morgan fingerprint density at radius 3 is 2.25 bits per heavy atom. The fraction of sp³-hybridized carbons (Fsp3) is 0. The lowest BCUT2D eigenvalue weighted by Gasteiger charge is -1.97. The number of benzene rings is 3. The van der Waals surface area contributed by atoms with Gasteiger partial charge in [-0.05, 0) is 35.0 Å². The third kappa shape index (κ3) is 1.22. The monoisotopic (exact) mass is 273 g/mol. The number of H-pyrrole nitrogens is 1. The Kier molecular flexibility index (Phi) is 1.89. The summed E-state index contributed by atoms with van der Waals surface area (Å²) < 4.78 is 2.68. The number of hydrogen-bond donors (Lipinski definition) is 1. The molecule has 2 aromatic heterocycles. The Balaban J connectivity index is 2.32. The van der Waals surface area contributed by atoms with Crippen LogP contribution < -0.4 is 0 Å². The second kappa shape index (κ2) is 3.62. The highest BCUT2D eigenvalue weighted by Gasteiger charge is 2.11. The van der Waals surface area contributed by atoms with Crippen LogP contribution in [-0.4, -0.2) is 4.98 Å². The molecule has 0 fully saturated rings. The molecular weight excluding hydrogens is 262 g/mol. The number of hydrogen-bond acceptors (Lipinski definition) is 1. The Hall–Kier alpha value is -2.32. The Morgan fingerprint density at radius 1 is 0.600 bits per heavy atom. The van der Waals surface area contributed by atoms with Crippen LogP contribution in [0.2, 0.25) is 0 Å². The van der Waals surface area contributed by atoms with Crippen LogP contribution in [0.4, 0.5) is 0 Å². The molecule has 1 nitrogen and oxygen atoms in total. The molecule has 5 rings (SSSR count). The molecule has 0 aliphatic rings. The third-order valence-corrected chi connectivity index (χ3v) is 5.14. The van der Waals surface area contributed by atoms with Crippen molar-refractivity contribution in [2.24, 2.45) is 0 Å². The fourth-order valence-corrected chi connectivity index (χ4v) is 4.30. The zero-order chi connectivity index (χ0) is 13.1. The highest BCUT2D eigenvalue weighted by molar-refractivity contribution is 7.24. The number of fused-ring (bicyclic) bond motifs is 2. The minimum atomic E-state index is 1.22. The number of aromatic nitrogens is 1. The van der Waals surface area contributed by atoms with Gasteiger partial charge in [0.1, 0.15) is 0 Å². The van der Waals surface area contributed by atoms with Gasteiger partial charge in [-0.2, -0.15) is 0 Å². The van der Waals surface area contributed by atoms with E-state index in [4.69, 9.17) is 0 Å². The predicted molar refractivity (Wildman–Crippen MR) is 88.7 cm³/mol. The standard InChI is InChI=1S/C18H11NS/c1-2-9-15-11(5-1)12-6-3-7-13-17(12)18-14(19-13)8-4-10-16(18)20-15/h1-10,19H. The maximum absolute atomic E-state index is 3.54. The van der Waals surface area contributed by atoms with Crippen LogP contribution in [0.25, 0.3) is 42.0 Å². The summed E-state index contributed by atoms with van der Waals surface area (Å²) in [6.07, 6.45) is 0. The molecule has 1 N–H and O–H groups in total. The van der Waals surface area contributed by atoms with E-state index in [2.05, 4.69) is 65.6 Å². The summed E-state index contributed by atoms with van der Waals surface area (Å²) in [5.74, 6) is 0.